The molecule has 0 aliphatic rings. The van der Waals surface area contributed by atoms with Gasteiger partial charge in [-0.25, -0.2) is 0 Å². The van der Waals surface area contributed by atoms with Crippen molar-refractivity contribution in [3.05, 3.63) is 63.7 Å². The normalized spacial score (nSPS) is 12.2. The summed E-state index contributed by atoms with van der Waals surface area (Å²) < 4.78 is 5.83. The molecule has 0 saturated heterocycles. The van der Waals surface area contributed by atoms with Gasteiger partial charge in [-0.15, -0.1) is 0 Å². The van der Waals surface area contributed by atoms with E-state index < -0.39 is 0 Å². The third-order valence-electron chi connectivity index (χ3n) is 3.23. The Bertz CT molecular complexity index is 602. The Hall–Kier alpha value is -1.51. The van der Waals surface area contributed by atoms with Crippen molar-refractivity contribution in [2.75, 3.05) is 0 Å². The fraction of sp³-hybridized carbons (Fsp3) is 0.333. The van der Waals surface area contributed by atoms with E-state index in [9.17, 15) is 0 Å². The van der Waals surface area contributed by atoms with Crippen molar-refractivity contribution in [3.63, 3.8) is 0 Å². The summed E-state index contributed by atoms with van der Waals surface area (Å²) in [4.78, 5) is 0. The molecule has 3 heteroatoms. The standard InChI is InChI=1S/C18H22ClNO/c1-12-6-13(2)8-16(7-12)11-21-18-5-4-15(9-14(3)20)10-17(18)19/h4-8,10,14H,9,11,20H2,1-3H3. The molecule has 0 aliphatic heterocycles. The predicted molar refractivity (Wildman–Crippen MR) is 89.1 cm³/mol. The van der Waals surface area contributed by atoms with E-state index >= 15 is 0 Å². The first kappa shape index (κ1) is 15.9. The lowest BCUT2D eigenvalue weighted by molar-refractivity contribution is 0.306. The molecular weight excluding hydrogens is 282 g/mol. The van der Waals surface area contributed by atoms with Crippen LogP contribution in [0.3, 0.4) is 0 Å². The third kappa shape index (κ3) is 4.76. The quantitative estimate of drug-likeness (QED) is 0.887. The maximum Gasteiger partial charge on any atom is 0.138 e. The molecule has 1 unspecified atom stereocenters. The lowest BCUT2D eigenvalue weighted by Gasteiger charge is -2.11. The summed E-state index contributed by atoms with van der Waals surface area (Å²) in [5, 5.41) is 0.637. The van der Waals surface area contributed by atoms with E-state index in [2.05, 4.69) is 32.0 Å². The van der Waals surface area contributed by atoms with Gasteiger partial charge < -0.3 is 10.5 Å². The van der Waals surface area contributed by atoms with Crippen molar-refractivity contribution in [2.24, 2.45) is 5.73 Å². The second-order valence-corrected chi connectivity index (χ2v) is 6.14. The van der Waals surface area contributed by atoms with Crippen molar-refractivity contribution in [1.29, 1.82) is 0 Å². The van der Waals surface area contributed by atoms with Crippen LogP contribution in [0.2, 0.25) is 5.02 Å². The molecule has 0 amide bonds. The highest BCUT2D eigenvalue weighted by molar-refractivity contribution is 6.32. The highest BCUT2D eigenvalue weighted by atomic mass is 35.5. The van der Waals surface area contributed by atoms with Gasteiger partial charge >= 0.3 is 0 Å². The summed E-state index contributed by atoms with van der Waals surface area (Å²) in [6.45, 7) is 6.69. The molecule has 0 aromatic heterocycles. The molecule has 21 heavy (non-hydrogen) atoms. The number of hydrogen-bond donors (Lipinski definition) is 1. The molecule has 0 aliphatic carbocycles. The van der Waals surface area contributed by atoms with Crippen LogP contribution in [-0.4, -0.2) is 6.04 Å². The summed E-state index contributed by atoms with van der Waals surface area (Å²) >= 11 is 6.28. The minimum atomic E-state index is 0.128. The second-order valence-electron chi connectivity index (χ2n) is 5.73. The molecule has 2 aromatic rings. The van der Waals surface area contributed by atoms with Gasteiger partial charge in [0.2, 0.25) is 0 Å². The fourth-order valence-corrected chi connectivity index (χ4v) is 2.73. The average Bonchev–Trinajstić information content (AvgIpc) is 2.36. The predicted octanol–water partition coefficient (Wildman–Crippen LogP) is 4.43. The number of ether oxygens (including phenoxy) is 1. The topological polar surface area (TPSA) is 35.2 Å². The van der Waals surface area contributed by atoms with Gasteiger partial charge in [-0.05, 0) is 50.5 Å². The summed E-state index contributed by atoms with van der Waals surface area (Å²) in [7, 11) is 0. The van der Waals surface area contributed by atoms with Gasteiger partial charge in [0.25, 0.3) is 0 Å². The zero-order chi connectivity index (χ0) is 15.4. The number of hydrogen-bond acceptors (Lipinski definition) is 2. The summed E-state index contributed by atoms with van der Waals surface area (Å²) in [6, 6.07) is 12.4. The van der Waals surface area contributed by atoms with Gasteiger partial charge in [0, 0.05) is 6.04 Å². The van der Waals surface area contributed by atoms with E-state index in [1.807, 2.05) is 25.1 Å². The molecule has 0 bridgehead atoms. The van der Waals surface area contributed by atoms with Gasteiger partial charge in [-0.3, -0.25) is 0 Å². The highest BCUT2D eigenvalue weighted by Crippen LogP contribution is 2.27. The van der Waals surface area contributed by atoms with Crippen LogP contribution in [-0.2, 0) is 13.0 Å². The summed E-state index contributed by atoms with van der Waals surface area (Å²) in [5.74, 6) is 0.712. The zero-order valence-corrected chi connectivity index (χ0v) is 13.6. The summed E-state index contributed by atoms with van der Waals surface area (Å²) in [5.41, 5.74) is 10.6. The molecule has 112 valence electrons. The SMILES string of the molecule is Cc1cc(C)cc(COc2ccc(CC(C)N)cc2Cl)c1. The first-order valence-electron chi connectivity index (χ1n) is 7.18. The Kier molecular flexibility index (Phi) is 5.27. The lowest BCUT2D eigenvalue weighted by atomic mass is 10.1. The largest absolute Gasteiger partial charge is 0.487 e. The van der Waals surface area contributed by atoms with Crippen LogP contribution in [0.4, 0.5) is 0 Å². The Morgan fingerprint density at radius 1 is 1.05 bits per heavy atom. The number of nitrogens with two attached hydrogens (primary N) is 1. The molecule has 1 atom stereocenters. The molecule has 2 aromatic carbocycles. The van der Waals surface area contributed by atoms with Crippen molar-refractivity contribution >= 4 is 11.6 Å². The number of benzene rings is 2. The Morgan fingerprint density at radius 3 is 2.29 bits per heavy atom. The van der Waals surface area contributed by atoms with E-state index in [1.54, 1.807) is 0 Å². The Balaban J connectivity index is 2.06. The van der Waals surface area contributed by atoms with Gasteiger partial charge in [0.1, 0.15) is 12.4 Å². The fourth-order valence-electron chi connectivity index (χ4n) is 2.47. The van der Waals surface area contributed by atoms with E-state index in [1.165, 1.54) is 11.1 Å². The lowest BCUT2D eigenvalue weighted by Crippen LogP contribution is -2.17. The van der Waals surface area contributed by atoms with Crippen molar-refractivity contribution in [3.8, 4) is 5.75 Å². The Morgan fingerprint density at radius 2 is 1.71 bits per heavy atom. The van der Waals surface area contributed by atoms with Gasteiger partial charge in [0.15, 0.2) is 0 Å². The molecule has 2 N–H and O–H groups in total. The Labute approximate surface area is 131 Å². The zero-order valence-electron chi connectivity index (χ0n) is 12.8. The maximum atomic E-state index is 6.28. The second kappa shape index (κ2) is 6.97. The number of rotatable bonds is 5. The minimum absolute atomic E-state index is 0.128. The van der Waals surface area contributed by atoms with Crippen molar-refractivity contribution < 1.29 is 4.74 Å². The van der Waals surface area contributed by atoms with Crippen LogP contribution in [0, 0.1) is 13.8 Å². The number of halogens is 1. The molecule has 0 radical (unpaired) electrons. The molecule has 0 spiro atoms. The molecule has 0 heterocycles. The smallest absolute Gasteiger partial charge is 0.138 e. The van der Waals surface area contributed by atoms with Gasteiger partial charge in [-0.1, -0.05) is 47.0 Å². The third-order valence-corrected chi connectivity index (χ3v) is 3.53. The minimum Gasteiger partial charge on any atom is -0.487 e. The van der Waals surface area contributed by atoms with Crippen LogP contribution in [0.15, 0.2) is 36.4 Å². The monoisotopic (exact) mass is 303 g/mol. The molecule has 0 saturated carbocycles. The van der Waals surface area contributed by atoms with Gasteiger partial charge in [-0.2, -0.15) is 0 Å². The van der Waals surface area contributed by atoms with Crippen molar-refractivity contribution in [2.45, 2.75) is 39.8 Å². The number of aryl methyl sites for hydroxylation is 2. The molecule has 2 rings (SSSR count). The highest BCUT2D eigenvalue weighted by Gasteiger charge is 2.06. The van der Waals surface area contributed by atoms with Crippen LogP contribution >= 0.6 is 11.6 Å². The van der Waals surface area contributed by atoms with E-state index in [-0.39, 0.29) is 6.04 Å². The maximum absolute atomic E-state index is 6.28. The molecule has 0 fully saturated rings. The first-order valence-corrected chi connectivity index (χ1v) is 7.56. The van der Waals surface area contributed by atoms with Crippen LogP contribution in [0.1, 0.15) is 29.2 Å². The van der Waals surface area contributed by atoms with E-state index in [0.717, 1.165) is 17.5 Å². The van der Waals surface area contributed by atoms with E-state index in [0.29, 0.717) is 17.4 Å². The molecular formula is C18H22ClNO. The first-order chi connectivity index (χ1) is 9.94. The van der Waals surface area contributed by atoms with Crippen LogP contribution in [0.5, 0.6) is 5.75 Å². The molecule has 2 nitrogen and oxygen atoms in total. The van der Waals surface area contributed by atoms with Crippen LogP contribution in [0.25, 0.3) is 0 Å². The van der Waals surface area contributed by atoms with Gasteiger partial charge in [0.05, 0.1) is 5.02 Å². The van der Waals surface area contributed by atoms with E-state index in [4.69, 9.17) is 22.1 Å². The average molecular weight is 304 g/mol. The van der Waals surface area contributed by atoms with Crippen molar-refractivity contribution in [1.82, 2.24) is 0 Å². The van der Waals surface area contributed by atoms with Crippen LogP contribution < -0.4 is 10.5 Å². The summed E-state index contributed by atoms with van der Waals surface area (Å²) in [6.07, 6.45) is 0.817.